The van der Waals surface area contributed by atoms with E-state index in [9.17, 15) is 9.59 Å². The first-order valence-corrected chi connectivity index (χ1v) is 6.43. The van der Waals surface area contributed by atoms with Crippen LogP contribution in [0.25, 0.3) is 0 Å². The van der Waals surface area contributed by atoms with Gasteiger partial charge in [-0.1, -0.05) is 0 Å². The molecule has 0 aromatic carbocycles. The number of carbonyl (C=O) groups is 2. The van der Waals surface area contributed by atoms with Gasteiger partial charge in [0.05, 0.1) is 0 Å². The first-order valence-electron chi connectivity index (χ1n) is 5.36. The van der Waals surface area contributed by atoms with Crippen LogP contribution in [0.3, 0.4) is 0 Å². The van der Waals surface area contributed by atoms with E-state index in [1.165, 1.54) is 0 Å². The summed E-state index contributed by atoms with van der Waals surface area (Å²) in [6.45, 7) is 2.40. The van der Waals surface area contributed by atoms with Crippen molar-refractivity contribution >= 4 is 35.0 Å². The number of rotatable bonds is 4. The van der Waals surface area contributed by atoms with Crippen LogP contribution in [0, 0.1) is 0 Å². The minimum atomic E-state index is 0.0689. The van der Waals surface area contributed by atoms with Crippen LogP contribution in [-0.4, -0.2) is 59.6 Å². The number of halogens is 2. The van der Waals surface area contributed by atoms with Crippen molar-refractivity contribution in [3.8, 4) is 0 Å². The SMILES string of the molecule is O=C(CCCl)N1CCN(C(=O)CCCl)CC1. The second-order valence-electron chi connectivity index (χ2n) is 3.64. The van der Waals surface area contributed by atoms with E-state index < -0.39 is 0 Å². The monoisotopic (exact) mass is 266 g/mol. The second-order valence-corrected chi connectivity index (χ2v) is 4.40. The molecule has 92 valence electrons. The Bertz CT molecular complexity index is 227. The van der Waals surface area contributed by atoms with Crippen LogP contribution in [0.15, 0.2) is 0 Å². The summed E-state index contributed by atoms with van der Waals surface area (Å²) in [5.74, 6) is 0.841. The van der Waals surface area contributed by atoms with Gasteiger partial charge in [-0.3, -0.25) is 9.59 Å². The number of piperazine rings is 1. The van der Waals surface area contributed by atoms with Gasteiger partial charge in [0.2, 0.25) is 11.8 Å². The first-order chi connectivity index (χ1) is 7.69. The van der Waals surface area contributed by atoms with E-state index in [1.54, 1.807) is 9.80 Å². The lowest BCUT2D eigenvalue weighted by Crippen LogP contribution is -2.50. The highest BCUT2D eigenvalue weighted by molar-refractivity contribution is 6.19. The van der Waals surface area contributed by atoms with Gasteiger partial charge in [-0.05, 0) is 0 Å². The van der Waals surface area contributed by atoms with Crippen molar-refractivity contribution in [2.75, 3.05) is 37.9 Å². The van der Waals surface area contributed by atoms with Gasteiger partial charge in [0, 0.05) is 50.8 Å². The van der Waals surface area contributed by atoms with Crippen LogP contribution in [0.1, 0.15) is 12.8 Å². The van der Waals surface area contributed by atoms with Crippen LogP contribution in [0.2, 0.25) is 0 Å². The molecule has 0 spiro atoms. The molecule has 4 nitrogen and oxygen atoms in total. The smallest absolute Gasteiger partial charge is 0.223 e. The average molecular weight is 267 g/mol. The fourth-order valence-electron chi connectivity index (χ4n) is 1.68. The number of carbonyl (C=O) groups excluding carboxylic acids is 2. The summed E-state index contributed by atoms with van der Waals surface area (Å²) in [5.41, 5.74) is 0. The molecule has 0 aliphatic carbocycles. The quantitative estimate of drug-likeness (QED) is 0.710. The van der Waals surface area contributed by atoms with Crippen LogP contribution < -0.4 is 0 Å². The highest BCUT2D eigenvalue weighted by Crippen LogP contribution is 2.06. The zero-order valence-electron chi connectivity index (χ0n) is 9.12. The summed E-state index contributed by atoms with van der Waals surface area (Å²) >= 11 is 11.0. The molecule has 16 heavy (non-hydrogen) atoms. The van der Waals surface area contributed by atoms with E-state index in [0.717, 1.165) is 0 Å². The minimum Gasteiger partial charge on any atom is -0.339 e. The third-order valence-electron chi connectivity index (χ3n) is 2.60. The first kappa shape index (κ1) is 13.6. The molecular formula is C10H16Cl2N2O2. The maximum atomic E-state index is 11.5. The molecule has 0 saturated carbocycles. The predicted octanol–water partition coefficient (Wildman–Crippen LogP) is 0.915. The van der Waals surface area contributed by atoms with E-state index in [2.05, 4.69) is 0 Å². The molecule has 0 bridgehead atoms. The number of alkyl halides is 2. The van der Waals surface area contributed by atoms with Crippen molar-refractivity contribution in [3.05, 3.63) is 0 Å². The van der Waals surface area contributed by atoms with E-state index >= 15 is 0 Å². The molecule has 1 rings (SSSR count). The highest BCUT2D eigenvalue weighted by atomic mass is 35.5. The Morgan fingerprint density at radius 1 is 0.812 bits per heavy atom. The molecule has 1 heterocycles. The van der Waals surface area contributed by atoms with E-state index in [0.29, 0.717) is 50.8 Å². The second kappa shape index (κ2) is 6.97. The van der Waals surface area contributed by atoms with Crippen LogP contribution in [-0.2, 0) is 9.59 Å². The summed E-state index contributed by atoms with van der Waals surface area (Å²) in [4.78, 5) is 26.5. The number of hydrogen-bond acceptors (Lipinski definition) is 2. The fraction of sp³-hybridized carbons (Fsp3) is 0.800. The molecule has 1 saturated heterocycles. The number of amides is 2. The van der Waals surface area contributed by atoms with Crippen molar-refractivity contribution < 1.29 is 9.59 Å². The highest BCUT2D eigenvalue weighted by Gasteiger charge is 2.22. The summed E-state index contributed by atoms with van der Waals surface area (Å²) in [7, 11) is 0. The van der Waals surface area contributed by atoms with Gasteiger partial charge in [-0.15, -0.1) is 23.2 Å². The Kier molecular flexibility index (Phi) is 5.91. The van der Waals surface area contributed by atoms with Crippen LogP contribution in [0.4, 0.5) is 0 Å². The van der Waals surface area contributed by atoms with Gasteiger partial charge in [0.1, 0.15) is 0 Å². The van der Waals surface area contributed by atoms with E-state index in [-0.39, 0.29) is 11.8 Å². The number of nitrogens with zero attached hydrogens (tertiary/aromatic N) is 2. The topological polar surface area (TPSA) is 40.6 Å². The van der Waals surface area contributed by atoms with Crippen LogP contribution in [0.5, 0.6) is 0 Å². The molecule has 2 amide bonds. The molecule has 0 radical (unpaired) electrons. The van der Waals surface area contributed by atoms with Gasteiger partial charge in [0.15, 0.2) is 0 Å². The maximum Gasteiger partial charge on any atom is 0.223 e. The Morgan fingerprint density at radius 3 is 1.38 bits per heavy atom. The third-order valence-corrected chi connectivity index (χ3v) is 2.98. The van der Waals surface area contributed by atoms with Gasteiger partial charge in [0.25, 0.3) is 0 Å². The van der Waals surface area contributed by atoms with E-state index in [1.807, 2.05) is 0 Å². The fourth-order valence-corrected chi connectivity index (χ4v) is 2.01. The Balaban J connectivity index is 2.33. The standard InChI is InChI=1S/C10H16Cl2N2O2/c11-3-1-9(15)13-5-7-14(8-6-13)10(16)2-4-12/h1-8H2. The normalized spacial score (nSPS) is 16.4. The van der Waals surface area contributed by atoms with Gasteiger partial charge in [-0.2, -0.15) is 0 Å². The van der Waals surface area contributed by atoms with Crippen molar-refractivity contribution in [1.82, 2.24) is 9.80 Å². The third kappa shape index (κ3) is 3.83. The lowest BCUT2D eigenvalue weighted by atomic mass is 10.2. The van der Waals surface area contributed by atoms with Crippen molar-refractivity contribution in [1.29, 1.82) is 0 Å². The number of hydrogen-bond donors (Lipinski definition) is 0. The van der Waals surface area contributed by atoms with Gasteiger partial charge < -0.3 is 9.80 Å². The zero-order chi connectivity index (χ0) is 12.0. The zero-order valence-corrected chi connectivity index (χ0v) is 10.6. The molecule has 0 atom stereocenters. The minimum absolute atomic E-state index is 0.0689. The lowest BCUT2D eigenvalue weighted by Gasteiger charge is -2.34. The summed E-state index contributed by atoms with van der Waals surface area (Å²) < 4.78 is 0. The Labute approximate surface area is 105 Å². The lowest BCUT2D eigenvalue weighted by molar-refractivity contribution is -0.139. The van der Waals surface area contributed by atoms with E-state index in [4.69, 9.17) is 23.2 Å². The van der Waals surface area contributed by atoms with Crippen molar-refractivity contribution in [3.63, 3.8) is 0 Å². The van der Waals surface area contributed by atoms with Crippen molar-refractivity contribution in [2.45, 2.75) is 12.8 Å². The molecule has 1 aliphatic rings. The Morgan fingerprint density at radius 2 is 1.12 bits per heavy atom. The molecule has 0 aromatic heterocycles. The predicted molar refractivity (Wildman–Crippen MR) is 63.8 cm³/mol. The van der Waals surface area contributed by atoms with Crippen molar-refractivity contribution in [2.24, 2.45) is 0 Å². The average Bonchev–Trinajstić information content (AvgIpc) is 2.30. The summed E-state index contributed by atoms with van der Waals surface area (Å²) in [5, 5.41) is 0. The maximum absolute atomic E-state index is 11.5. The molecule has 1 aliphatic heterocycles. The molecule has 1 fully saturated rings. The largest absolute Gasteiger partial charge is 0.339 e. The van der Waals surface area contributed by atoms with Gasteiger partial charge in [-0.25, -0.2) is 0 Å². The molecule has 6 heteroatoms. The van der Waals surface area contributed by atoms with Gasteiger partial charge >= 0.3 is 0 Å². The molecule has 0 unspecified atom stereocenters. The molecule has 0 N–H and O–H groups in total. The summed E-state index contributed by atoms with van der Waals surface area (Å²) in [6, 6.07) is 0. The molecular weight excluding hydrogens is 251 g/mol. The Hall–Kier alpha value is -0.480. The van der Waals surface area contributed by atoms with Crippen LogP contribution >= 0.6 is 23.2 Å². The molecule has 0 aromatic rings. The summed E-state index contributed by atoms with van der Waals surface area (Å²) in [6.07, 6.45) is 0.744.